The minimum atomic E-state index is -0.135. The maximum absolute atomic E-state index is 11.6. The molecule has 6 N–H and O–H groups in total. The quantitative estimate of drug-likeness (QED) is 0.461. The number of nitrogens with two attached hydrogens (primary N) is 3. The fraction of sp³-hybridized carbons (Fsp3) is 0.250. The average Bonchev–Trinajstić information content (AvgIpc) is 2.30. The smallest absolute Gasteiger partial charge is 0.227 e. The van der Waals surface area contributed by atoms with Crippen LogP contribution >= 0.6 is 0 Å². The van der Waals surface area contributed by atoms with E-state index in [0.717, 1.165) is 11.1 Å². The van der Waals surface area contributed by atoms with Gasteiger partial charge in [0.1, 0.15) is 0 Å². The lowest BCUT2D eigenvalue weighted by Gasteiger charge is -2.25. The zero-order valence-corrected chi connectivity index (χ0v) is 10.6. The van der Waals surface area contributed by atoms with Crippen LogP contribution < -0.4 is 17.2 Å². The number of benzene rings is 1. The Labute approximate surface area is 110 Å². The highest BCUT2D eigenvalue weighted by Gasteiger charge is 2.19. The van der Waals surface area contributed by atoms with Crippen molar-refractivity contribution in [2.24, 2.45) is 27.2 Å². The van der Waals surface area contributed by atoms with Gasteiger partial charge in [-0.15, -0.1) is 0 Å². The van der Waals surface area contributed by atoms with Crippen molar-refractivity contribution in [3.63, 3.8) is 0 Å². The van der Waals surface area contributed by atoms with E-state index in [4.69, 9.17) is 17.2 Å². The van der Waals surface area contributed by atoms with Crippen molar-refractivity contribution >= 4 is 23.5 Å². The Balaban J connectivity index is 2.29. The molecule has 0 saturated carbocycles. The van der Waals surface area contributed by atoms with Crippen molar-refractivity contribution in [1.29, 1.82) is 0 Å². The van der Waals surface area contributed by atoms with Gasteiger partial charge in [0, 0.05) is 13.6 Å². The van der Waals surface area contributed by atoms with E-state index in [0.29, 0.717) is 18.7 Å². The first kappa shape index (κ1) is 12.9. The number of carbonyl (C=O) groups is 1. The van der Waals surface area contributed by atoms with E-state index < -0.39 is 0 Å². The second kappa shape index (κ2) is 4.97. The molecule has 1 aliphatic rings. The second-order valence-electron chi connectivity index (χ2n) is 4.39. The van der Waals surface area contributed by atoms with E-state index >= 15 is 0 Å². The summed E-state index contributed by atoms with van der Waals surface area (Å²) in [4.78, 5) is 21.0. The van der Waals surface area contributed by atoms with Crippen molar-refractivity contribution in [3.8, 4) is 0 Å². The Morgan fingerprint density at radius 1 is 1.26 bits per heavy atom. The zero-order chi connectivity index (χ0) is 14.0. The van der Waals surface area contributed by atoms with Crippen LogP contribution in [0.5, 0.6) is 0 Å². The van der Waals surface area contributed by atoms with Gasteiger partial charge in [0.2, 0.25) is 11.9 Å². The Bertz CT molecular complexity index is 574. The van der Waals surface area contributed by atoms with Gasteiger partial charge in [-0.2, -0.15) is 4.99 Å². The molecule has 1 aromatic carbocycles. The number of hydrogen-bond donors (Lipinski definition) is 3. The summed E-state index contributed by atoms with van der Waals surface area (Å²) in [6, 6.07) is 5.54. The summed E-state index contributed by atoms with van der Waals surface area (Å²) in [6.45, 7) is 0.569. The molecule has 19 heavy (non-hydrogen) atoms. The predicted molar refractivity (Wildman–Crippen MR) is 73.7 cm³/mol. The SMILES string of the molecule is CN1Cc2cc(N=C(N)N=C(N)N)ccc2CC1=O. The number of hydrogen-bond acceptors (Lipinski definition) is 2. The monoisotopic (exact) mass is 260 g/mol. The number of aliphatic imine (C=N–C) groups is 2. The molecule has 0 aliphatic carbocycles. The van der Waals surface area contributed by atoms with E-state index in [2.05, 4.69) is 9.98 Å². The molecule has 0 fully saturated rings. The highest BCUT2D eigenvalue weighted by molar-refractivity contribution is 5.93. The van der Waals surface area contributed by atoms with Gasteiger partial charge in [-0.3, -0.25) is 4.79 Å². The van der Waals surface area contributed by atoms with Crippen LogP contribution in [0.4, 0.5) is 5.69 Å². The molecule has 0 radical (unpaired) electrons. The van der Waals surface area contributed by atoms with E-state index in [1.54, 1.807) is 18.0 Å². The van der Waals surface area contributed by atoms with E-state index in [9.17, 15) is 4.79 Å². The molecule has 1 aromatic rings. The molecule has 100 valence electrons. The van der Waals surface area contributed by atoms with E-state index in [1.807, 2.05) is 12.1 Å². The molecule has 1 amide bonds. The highest BCUT2D eigenvalue weighted by atomic mass is 16.2. The number of carbonyl (C=O) groups excluding carboxylic acids is 1. The highest BCUT2D eigenvalue weighted by Crippen LogP contribution is 2.24. The van der Waals surface area contributed by atoms with Gasteiger partial charge in [0.05, 0.1) is 12.1 Å². The summed E-state index contributed by atoms with van der Waals surface area (Å²) in [5, 5.41) is 0. The normalized spacial score (nSPS) is 15.1. The van der Waals surface area contributed by atoms with Gasteiger partial charge in [0.25, 0.3) is 0 Å². The third kappa shape index (κ3) is 3.01. The van der Waals surface area contributed by atoms with Gasteiger partial charge >= 0.3 is 0 Å². The number of nitrogens with zero attached hydrogens (tertiary/aromatic N) is 3. The topological polar surface area (TPSA) is 123 Å². The van der Waals surface area contributed by atoms with E-state index in [1.165, 1.54) is 0 Å². The van der Waals surface area contributed by atoms with Crippen molar-refractivity contribution in [1.82, 2.24) is 4.90 Å². The van der Waals surface area contributed by atoms with Gasteiger partial charge in [-0.25, -0.2) is 4.99 Å². The lowest BCUT2D eigenvalue weighted by molar-refractivity contribution is -0.130. The number of fused-ring (bicyclic) bond motifs is 1. The maximum Gasteiger partial charge on any atom is 0.227 e. The third-order valence-electron chi connectivity index (χ3n) is 2.85. The molecule has 0 bridgehead atoms. The van der Waals surface area contributed by atoms with Crippen LogP contribution in [0.25, 0.3) is 0 Å². The first-order chi connectivity index (χ1) is 8.95. The first-order valence-electron chi connectivity index (χ1n) is 5.75. The summed E-state index contributed by atoms with van der Waals surface area (Å²) >= 11 is 0. The zero-order valence-electron chi connectivity index (χ0n) is 10.6. The van der Waals surface area contributed by atoms with Crippen LogP contribution in [-0.4, -0.2) is 29.8 Å². The maximum atomic E-state index is 11.6. The van der Waals surface area contributed by atoms with Crippen LogP contribution in [0.15, 0.2) is 28.2 Å². The van der Waals surface area contributed by atoms with Crippen LogP contribution in [0, 0.1) is 0 Å². The van der Waals surface area contributed by atoms with E-state index in [-0.39, 0.29) is 17.8 Å². The summed E-state index contributed by atoms with van der Waals surface area (Å²) in [5.74, 6) is -0.0199. The Kier molecular flexibility index (Phi) is 3.37. The van der Waals surface area contributed by atoms with Gasteiger partial charge in [-0.05, 0) is 23.3 Å². The summed E-state index contributed by atoms with van der Waals surface area (Å²) in [7, 11) is 1.77. The second-order valence-corrected chi connectivity index (χ2v) is 4.39. The molecule has 0 aromatic heterocycles. The lowest BCUT2D eigenvalue weighted by Crippen LogP contribution is -2.32. The van der Waals surface area contributed by atoms with Crippen molar-refractivity contribution in [2.75, 3.05) is 7.05 Å². The number of rotatable bonds is 1. The van der Waals surface area contributed by atoms with Crippen LogP contribution in [0.3, 0.4) is 0 Å². The summed E-state index contributed by atoms with van der Waals surface area (Å²) in [6.07, 6.45) is 0.416. The molecule has 1 heterocycles. The van der Waals surface area contributed by atoms with Crippen molar-refractivity contribution < 1.29 is 4.79 Å². The molecule has 0 saturated heterocycles. The Hall–Kier alpha value is -2.57. The summed E-state index contributed by atoms with van der Waals surface area (Å²) in [5.41, 5.74) is 18.7. The number of guanidine groups is 2. The van der Waals surface area contributed by atoms with Crippen molar-refractivity contribution in [3.05, 3.63) is 29.3 Å². The number of amides is 1. The predicted octanol–water partition coefficient (Wildman–Crippen LogP) is -0.579. The van der Waals surface area contributed by atoms with Crippen LogP contribution in [-0.2, 0) is 17.8 Å². The third-order valence-corrected chi connectivity index (χ3v) is 2.85. The van der Waals surface area contributed by atoms with Gasteiger partial charge < -0.3 is 22.1 Å². The minimum Gasteiger partial charge on any atom is -0.370 e. The Morgan fingerprint density at radius 2 is 2.00 bits per heavy atom. The van der Waals surface area contributed by atoms with Crippen LogP contribution in [0.2, 0.25) is 0 Å². The Morgan fingerprint density at radius 3 is 2.68 bits per heavy atom. The molecule has 7 nitrogen and oxygen atoms in total. The molecule has 0 atom stereocenters. The lowest BCUT2D eigenvalue weighted by atomic mass is 9.99. The summed E-state index contributed by atoms with van der Waals surface area (Å²) < 4.78 is 0. The van der Waals surface area contributed by atoms with Gasteiger partial charge in [0.15, 0.2) is 5.96 Å². The fourth-order valence-electron chi connectivity index (χ4n) is 1.93. The largest absolute Gasteiger partial charge is 0.370 e. The molecule has 1 aliphatic heterocycles. The van der Waals surface area contributed by atoms with Crippen LogP contribution in [0.1, 0.15) is 11.1 Å². The molecular weight excluding hydrogens is 244 g/mol. The molecule has 0 unspecified atom stereocenters. The molecule has 2 rings (SSSR count). The number of likely N-dealkylation sites (N-methyl/N-ethyl adjacent to an activating group) is 1. The fourth-order valence-corrected chi connectivity index (χ4v) is 1.93. The molecule has 7 heteroatoms. The molecule has 0 spiro atoms. The standard InChI is InChI=1S/C12H16N6O/c1-18-6-8-4-9(16-12(15)17-11(13)14)3-2-7(8)5-10(18)19/h2-4H,5-6H2,1H3,(H6,13,14,15,16,17). The minimum absolute atomic E-state index is 0.000176. The van der Waals surface area contributed by atoms with Crippen molar-refractivity contribution in [2.45, 2.75) is 13.0 Å². The molecular formula is C12H16N6O. The van der Waals surface area contributed by atoms with Gasteiger partial charge in [-0.1, -0.05) is 6.07 Å². The first-order valence-corrected chi connectivity index (χ1v) is 5.75. The average molecular weight is 260 g/mol.